The maximum atomic E-state index is 11.8. The topological polar surface area (TPSA) is 51.2 Å². The molecule has 0 saturated heterocycles. The van der Waals surface area contributed by atoms with Gasteiger partial charge < -0.3 is 10.1 Å². The highest BCUT2D eigenvalue weighted by Gasteiger charge is 2.08. The number of halogens is 1. The van der Waals surface area contributed by atoms with Crippen LogP contribution in [0, 0.1) is 0 Å². The maximum absolute atomic E-state index is 11.8. The third kappa shape index (κ3) is 3.43. The SMILES string of the molecule is CCOC(=O)c1cccc(Nc2ccnc3ccc(Cl)cc23)c1. The van der Waals surface area contributed by atoms with Crippen LogP contribution in [0.5, 0.6) is 0 Å². The van der Waals surface area contributed by atoms with Gasteiger partial charge in [0, 0.05) is 28.0 Å². The summed E-state index contributed by atoms with van der Waals surface area (Å²) >= 11 is 6.08. The lowest BCUT2D eigenvalue weighted by Gasteiger charge is -2.11. The molecule has 0 aliphatic heterocycles. The van der Waals surface area contributed by atoms with Crippen LogP contribution in [0.1, 0.15) is 17.3 Å². The minimum Gasteiger partial charge on any atom is -0.462 e. The zero-order valence-electron chi connectivity index (χ0n) is 12.5. The fourth-order valence-electron chi connectivity index (χ4n) is 2.32. The van der Waals surface area contributed by atoms with Gasteiger partial charge in [-0.2, -0.15) is 0 Å². The molecule has 0 aliphatic carbocycles. The second-order valence-corrected chi connectivity index (χ2v) is 5.38. The first-order valence-electron chi connectivity index (χ1n) is 7.26. The van der Waals surface area contributed by atoms with Gasteiger partial charge in [0.2, 0.25) is 0 Å². The Kier molecular flexibility index (Phi) is 4.44. The summed E-state index contributed by atoms with van der Waals surface area (Å²) in [6, 6.07) is 14.6. The number of esters is 1. The van der Waals surface area contributed by atoms with Crippen molar-refractivity contribution in [2.45, 2.75) is 6.92 Å². The van der Waals surface area contributed by atoms with Crippen LogP contribution >= 0.6 is 11.6 Å². The molecule has 3 rings (SSSR count). The minimum absolute atomic E-state index is 0.334. The van der Waals surface area contributed by atoms with Crippen LogP contribution in [0.25, 0.3) is 10.9 Å². The number of pyridine rings is 1. The van der Waals surface area contributed by atoms with Crippen LogP contribution in [0.4, 0.5) is 11.4 Å². The van der Waals surface area contributed by atoms with Crippen LogP contribution in [-0.4, -0.2) is 17.6 Å². The molecule has 116 valence electrons. The van der Waals surface area contributed by atoms with Crippen molar-refractivity contribution < 1.29 is 9.53 Å². The van der Waals surface area contributed by atoms with E-state index in [1.807, 2.05) is 36.4 Å². The number of anilines is 2. The van der Waals surface area contributed by atoms with E-state index in [2.05, 4.69) is 10.3 Å². The van der Waals surface area contributed by atoms with Gasteiger partial charge in [-0.1, -0.05) is 17.7 Å². The molecule has 0 aliphatic rings. The number of nitrogens with zero attached hydrogens (tertiary/aromatic N) is 1. The van der Waals surface area contributed by atoms with E-state index in [1.165, 1.54) is 0 Å². The Balaban J connectivity index is 1.95. The highest BCUT2D eigenvalue weighted by molar-refractivity contribution is 6.31. The molecular weight excluding hydrogens is 312 g/mol. The molecule has 1 N–H and O–H groups in total. The predicted molar refractivity (Wildman–Crippen MR) is 92.4 cm³/mol. The van der Waals surface area contributed by atoms with E-state index < -0.39 is 0 Å². The molecule has 0 fully saturated rings. The number of carbonyl (C=O) groups is 1. The zero-order valence-corrected chi connectivity index (χ0v) is 13.3. The number of aromatic nitrogens is 1. The Hall–Kier alpha value is -2.59. The zero-order chi connectivity index (χ0) is 16.2. The number of rotatable bonds is 4. The fourth-order valence-corrected chi connectivity index (χ4v) is 2.49. The van der Waals surface area contributed by atoms with Crippen molar-refractivity contribution in [1.82, 2.24) is 4.98 Å². The number of hydrogen-bond acceptors (Lipinski definition) is 4. The Labute approximate surface area is 139 Å². The van der Waals surface area contributed by atoms with Crippen LogP contribution in [0.3, 0.4) is 0 Å². The fraction of sp³-hybridized carbons (Fsp3) is 0.111. The first kappa shape index (κ1) is 15.3. The standard InChI is InChI=1S/C18H15ClN2O2/c1-2-23-18(22)12-4-3-5-14(10-12)21-17-8-9-20-16-7-6-13(19)11-15(16)17/h3-11H,2H2,1H3,(H,20,21). The van der Waals surface area contributed by atoms with Gasteiger partial charge in [-0.25, -0.2) is 4.79 Å². The van der Waals surface area contributed by atoms with Gasteiger partial charge in [-0.3, -0.25) is 4.98 Å². The molecule has 5 heteroatoms. The number of nitrogens with one attached hydrogen (secondary N) is 1. The number of fused-ring (bicyclic) bond motifs is 1. The van der Waals surface area contributed by atoms with E-state index >= 15 is 0 Å². The summed E-state index contributed by atoms with van der Waals surface area (Å²) in [5.41, 5.74) is 3.02. The highest BCUT2D eigenvalue weighted by atomic mass is 35.5. The maximum Gasteiger partial charge on any atom is 0.338 e. The molecule has 4 nitrogen and oxygen atoms in total. The summed E-state index contributed by atoms with van der Waals surface area (Å²) < 4.78 is 5.02. The first-order chi connectivity index (χ1) is 11.2. The van der Waals surface area contributed by atoms with E-state index in [1.54, 1.807) is 25.3 Å². The lowest BCUT2D eigenvalue weighted by atomic mass is 10.1. The molecular formula is C18H15ClN2O2. The van der Waals surface area contributed by atoms with E-state index in [4.69, 9.17) is 16.3 Å². The molecule has 0 amide bonds. The third-order valence-corrected chi connectivity index (χ3v) is 3.59. The van der Waals surface area contributed by atoms with E-state index in [0.29, 0.717) is 17.2 Å². The van der Waals surface area contributed by atoms with Crippen molar-refractivity contribution in [2.75, 3.05) is 11.9 Å². The molecule has 0 radical (unpaired) electrons. The normalized spacial score (nSPS) is 10.5. The summed E-state index contributed by atoms with van der Waals surface area (Å²) in [6.45, 7) is 2.14. The van der Waals surface area contributed by atoms with Gasteiger partial charge in [-0.15, -0.1) is 0 Å². The number of hydrogen-bond donors (Lipinski definition) is 1. The monoisotopic (exact) mass is 326 g/mol. The van der Waals surface area contributed by atoms with Crippen molar-refractivity contribution in [3.8, 4) is 0 Å². The van der Waals surface area contributed by atoms with Crippen LogP contribution in [0.2, 0.25) is 5.02 Å². The van der Waals surface area contributed by atoms with Gasteiger partial charge >= 0.3 is 5.97 Å². The van der Waals surface area contributed by atoms with Crippen molar-refractivity contribution in [1.29, 1.82) is 0 Å². The molecule has 2 aromatic carbocycles. The second-order valence-electron chi connectivity index (χ2n) is 4.95. The number of benzene rings is 2. The molecule has 3 aromatic rings. The quantitative estimate of drug-likeness (QED) is 0.699. The van der Waals surface area contributed by atoms with Crippen LogP contribution in [0.15, 0.2) is 54.7 Å². The average molecular weight is 327 g/mol. The largest absolute Gasteiger partial charge is 0.462 e. The third-order valence-electron chi connectivity index (χ3n) is 3.36. The van der Waals surface area contributed by atoms with E-state index in [0.717, 1.165) is 22.3 Å². The predicted octanol–water partition coefficient (Wildman–Crippen LogP) is 4.81. The molecule has 1 heterocycles. The number of ether oxygens (including phenoxy) is 1. The molecule has 0 bridgehead atoms. The van der Waals surface area contributed by atoms with Gasteiger partial charge in [0.25, 0.3) is 0 Å². The summed E-state index contributed by atoms with van der Waals surface area (Å²) in [5, 5.41) is 4.87. The highest BCUT2D eigenvalue weighted by Crippen LogP contribution is 2.27. The summed E-state index contributed by atoms with van der Waals surface area (Å²) in [5.74, 6) is -0.334. The van der Waals surface area contributed by atoms with E-state index in [9.17, 15) is 4.79 Å². The first-order valence-corrected chi connectivity index (χ1v) is 7.63. The minimum atomic E-state index is -0.334. The lowest BCUT2D eigenvalue weighted by Crippen LogP contribution is -2.05. The molecule has 23 heavy (non-hydrogen) atoms. The van der Waals surface area contributed by atoms with Gasteiger partial charge in [-0.05, 0) is 49.4 Å². The lowest BCUT2D eigenvalue weighted by molar-refractivity contribution is 0.0526. The molecule has 0 unspecified atom stereocenters. The van der Waals surface area contributed by atoms with Gasteiger partial charge in [0.1, 0.15) is 0 Å². The average Bonchev–Trinajstić information content (AvgIpc) is 2.56. The van der Waals surface area contributed by atoms with Crippen LogP contribution < -0.4 is 5.32 Å². The van der Waals surface area contributed by atoms with Crippen molar-refractivity contribution in [3.63, 3.8) is 0 Å². The Morgan fingerprint density at radius 2 is 2.09 bits per heavy atom. The summed E-state index contributed by atoms with van der Waals surface area (Å²) in [7, 11) is 0. The van der Waals surface area contributed by atoms with Crippen LogP contribution in [-0.2, 0) is 4.74 Å². The van der Waals surface area contributed by atoms with Gasteiger partial charge in [0.15, 0.2) is 0 Å². The second kappa shape index (κ2) is 6.67. The van der Waals surface area contributed by atoms with Crippen molar-refractivity contribution >= 4 is 39.8 Å². The molecule has 1 aromatic heterocycles. The Morgan fingerprint density at radius 3 is 2.91 bits per heavy atom. The van der Waals surface area contributed by atoms with Crippen molar-refractivity contribution in [3.05, 3.63) is 65.3 Å². The molecule has 0 saturated carbocycles. The Bertz CT molecular complexity index is 865. The van der Waals surface area contributed by atoms with Crippen molar-refractivity contribution in [2.24, 2.45) is 0 Å². The summed E-state index contributed by atoms with van der Waals surface area (Å²) in [6.07, 6.45) is 1.73. The van der Waals surface area contributed by atoms with E-state index in [-0.39, 0.29) is 5.97 Å². The number of carbonyl (C=O) groups excluding carboxylic acids is 1. The van der Waals surface area contributed by atoms with Gasteiger partial charge in [0.05, 0.1) is 17.7 Å². The molecule has 0 atom stereocenters. The summed E-state index contributed by atoms with van der Waals surface area (Å²) in [4.78, 5) is 16.2. The Morgan fingerprint density at radius 1 is 1.22 bits per heavy atom. The smallest absolute Gasteiger partial charge is 0.338 e. The molecule has 0 spiro atoms.